The standard InChI is InChI=1S/C23H24N4OS/c1-27-21(15-22(28)26-27)20(14-16-8-3-2-4-9-16)25-23(29)24-19-13-7-11-17-10-5-6-12-18(17)19/h2-13,20-21H,14-15H2,1H3,(H,26,28)(H2,24,25,29)/t20-,21-/m0/s1. The number of benzene rings is 3. The van der Waals surface area contributed by atoms with Gasteiger partial charge in [-0.05, 0) is 35.7 Å². The summed E-state index contributed by atoms with van der Waals surface area (Å²) in [5, 5.41) is 11.5. The van der Waals surface area contributed by atoms with Crippen LogP contribution in [0.2, 0.25) is 0 Å². The fraction of sp³-hybridized carbons (Fsp3) is 0.217. The Morgan fingerprint density at radius 1 is 1.10 bits per heavy atom. The van der Waals surface area contributed by atoms with E-state index in [1.807, 2.05) is 54.5 Å². The van der Waals surface area contributed by atoms with Gasteiger partial charge in [0.1, 0.15) is 0 Å². The summed E-state index contributed by atoms with van der Waals surface area (Å²) in [6.45, 7) is 0. The van der Waals surface area contributed by atoms with Gasteiger partial charge in [0.25, 0.3) is 0 Å². The third kappa shape index (κ3) is 4.55. The van der Waals surface area contributed by atoms with Crippen molar-refractivity contribution in [2.45, 2.75) is 24.9 Å². The second kappa shape index (κ2) is 8.59. The minimum absolute atomic E-state index is 0.00923. The molecule has 0 bridgehead atoms. The number of rotatable bonds is 5. The van der Waals surface area contributed by atoms with Gasteiger partial charge in [0.05, 0.1) is 12.1 Å². The van der Waals surface area contributed by atoms with Crippen molar-refractivity contribution in [3.8, 4) is 0 Å². The molecule has 1 aliphatic heterocycles. The molecule has 1 aliphatic rings. The Kier molecular flexibility index (Phi) is 5.74. The lowest BCUT2D eigenvalue weighted by Gasteiger charge is -2.30. The van der Waals surface area contributed by atoms with E-state index in [9.17, 15) is 4.79 Å². The number of nitrogens with zero attached hydrogens (tertiary/aromatic N) is 1. The monoisotopic (exact) mass is 404 g/mol. The van der Waals surface area contributed by atoms with E-state index in [-0.39, 0.29) is 18.0 Å². The van der Waals surface area contributed by atoms with Crippen LogP contribution in [0, 0.1) is 0 Å². The Labute approximate surface area is 176 Å². The predicted octanol–water partition coefficient (Wildman–Crippen LogP) is 3.47. The Hall–Kier alpha value is -2.96. The van der Waals surface area contributed by atoms with Crippen molar-refractivity contribution in [3.63, 3.8) is 0 Å². The number of fused-ring (bicyclic) bond motifs is 1. The lowest BCUT2D eigenvalue weighted by atomic mass is 9.97. The van der Waals surface area contributed by atoms with Crippen LogP contribution in [-0.4, -0.2) is 35.2 Å². The Bertz CT molecular complexity index is 1020. The largest absolute Gasteiger partial charge is 0.358 e. The molecule has 1 heterocycles. The number of hydrogen-bond donors (Lipinski definition) is 3. The molecule has 5 nitrogen and oxygen atoms in total. The van der Waals surface area contributed by atoms with E-state index in [0.29, 0.717) is 11.5 Å². The average Bonchev–Trinajstić information content (AvgIpc) is 3.06. The molecule has 6 heteroatoms. The van der Waals surface area contributed by atoms with Crippen LogP contribution in [0.15, 0.2) is 72.8 Å². The smallest absolute Gasteiger partial charge is 0.236 e. The van der Waals surface area contributed by atoms with Gasteiger partial charge >= 0.3 is 0 Å². The lowest BCUT2D eigenvalue weighted by Crippen LogP contribution is -2.51. The highest BCUT2D eigenvalue weighted by Crippen LogP contribution is 2.23. The van der Waals surface area contributed by atoms with Crippen LogP contribution in [0.5, 0.6) is 0 Å². The molecule has 0 aromatic heterocycles. The fourth-order valence-corrected chi connectivity index (χ4v) is 4.14. The summed E-state index contributed by atoms with van der Waals surface area (Å²) >= 11 is 5.65. The van der Waals surface area contributed by atoms with E-state index < -0.39 is 0 Å². The van der Waals surface area contributed by atoms with E-state index >= 15 is 0 Å². The number of likely N-dealkylation sites (N-methyl/N-ethyl adjacent to an activating group) is 1. The van der Waals surface area contributed by atoms with Gasteiger partial charge in [0, 0.05) is 24.5 Å². The number of hydrazine groups is 1. The summed E-state index contributed by atoms with van der Waals surface area (Å²) in [5.41, 5.74) is 5.04. The van der Waals surface area contributed by atoms with Crippen molar-refractivity contribution in [2.75, 3.05) is 12.4 Å². The first-order valence-corrected chi connectivity index (χ1v) is 10.1. The van der Waals surface area contributed by atoms with Crippen molar-refractivity contribution < 1.29 is 4.79 Å². The highest BCUT2D eigenvalue weighted by molar-refractivity contribution is 7.80. The molecule has 1 amide bonds. The first-order valence-electron chi connectivity index (χ1n) is 9.71. The second-order valence-electron chi connectivity index (χ2n) is 7.34. The topological polar surface area (TPSA) is 56.4 Å². The first kappa shape index (κ1) is 19.4. The van der Waals surface area contributed by atoms with Crippen LogP contribution in [0.4, 0.5) is 5.69 Å². The molecule has 0 aliphatic carbocycles. The van der Waals surface area contributed by atoms with Crippen molar-refractivity contribution in [3.05, 3.63) is 78.4 Å². The number of anilines is 1. The molecule has 4 rings (SSSR count). The number of carbonyl (C=O) groups excluding carboxylic acids is 1. The molecule has 0 saturated carbocycles. The van der Waals surface area contributed by atoms with Crippen LogP contribution in [0.1, 0.15) is 12.0 Å². The quantitative estimate of drug-likeness (QED) is 0.569. The zero-order valence-corrected chi connectivity index (χ0v) is 17.1. The van der Waals surface area contributed by atoms with E-state index in [1.54, 1.807) is 0 Å². The zero-order chi connectivity index (χ0) is 20.2. The van der Waals surface area contributed by atoms with Gasteiger partial charge < -0.3 is 10.6 Å². The predicted molar refractivity (Wildman–Crippen MR) is 122 cm³/mol. The van der Waals surface area contributed by atoms with Crippen LogP contribution in [-0.2, 0) is 11.2 Å². The van der Waals surface area contributed by atoms with Gasteiger partial charge in [-0.3, -0.25) is 10.2 Å². The summed E-state index contributed by atoms with van der Waals surface area (Å²) in [4.78, 5) is 11.9. The average molecular weight is 405 g/mol. The van der Waals surface area contributed by atoms with Crippen molar-refractivity contribution in [1.82, 2.24) is 15.8 Å². The highest BCUT2D eigenvalue weighted by Gasteiger charge is 2.34. The summed E-state index contributed by atoms with van der Waals surface area (Å²) in [6, 6.07) is 24.6. The molecule has 1 saturated heterocycles. The minimum Gasteiger partial charge on any atom is -0.358 e. The number of thiocarbonyl (C=S) groups is 1. The maximum Gasteiger partial charge on any atom is 0.236 e. The molecule has 29 heavy (non-hydrogen) atoms. The summed E-state index contributed by atoms with van der Waals surface area (Å²) < 4.78 is 0. The van der Waals surface area contributed by atoms with Crippen LogP contribution in [0.25, 0.3) is 10.8 Å². The van der Waals surface area contributed by atoms with Crippen molar-refractivity contribution in [1.29, 1.82) is 0 Å². The third-order valence-corrected chi connectivity index (χ3v) is 5.53. The van der Waals surface area contributed by atoms with Gasteiger partial charge in [-0.25, -0.2) is 5.01 Å². The van der Waals surface area contributed by atoms with Crippen molar-refractivity contribution in [2.24, 2.45) is 0 Å². The van der Waals surface area contributed by atoms with Gasteiger partial charge in [0.2, 0.25) is 5.91 Å². The van der Waals surface area contributed by atoms with Gasteiger partial charge in [-0.2, -0.15) is 0 Å². The van der Waals surface area contributed by atoms with Crippen LogP contribution >= 0.6 is 12.2 Å². The number of nitrogens with one attached hydrogen (secondary N) is 3. The maximum absolute atomic E-state index is 11.9. The fourth-order valence-electron chi connectivity index (χ4n) is 3.88. The molecule has 148 valence electrons. The highest BCUT2D eigenvalue weighted by atomic mass is 32.1. The molecule has 0 unspecified atom stereocenters. The molecule has 3 aromatic rings. The minimum atomic E-state index is -0.0173. The van der Waals surface area contributed by atoms with Gasteiger partial charge in [-0.15, -0.1) is 0 Å². The van der Waals surface area contributed by atoms with Gasteiger partial charge in [-0.1, -0.05) is 66.7 Å². The molecule has 0 radical (unpaired) electrons. The molecular formula is C23H24N4OS. The molecule has 3 N–H and O–H groups in total. The van der Waals surface area contributed by atoms with E-state index in [2.05, 4.69) is 46.4 Å². The lowest BCUT2D eigenvalue weighted by molar-refractivity contribution is -0.120. The van der Waals surface area contributed by atoms with E-state index in [1.165, 1.54) is 5.56 Å². The molecule has 2 atom stereocenters. The van der Waals surface area contributed by atoms with E-state index in [4.69, 9.17) is 12.2 Å². The normalized spacial score (nSPS) is 17.7. The van der Waals surface area contributed by atoms with E-state index in [0.717, 1.165) is 22.9 Å². The summed E-state index contributed by atoms with van der Waals surface area (Å²) in [5.74, 6) is 0.0327. The second-order valence-corrected chi connectivity index (χ2v) is 7.75. The molecule has 3 aromatic carbocycles. The maximum atomic E-state index is 11.9. The summed E-state index contributed by atoms with van der Waals surface area (Å²) in [6.07, 6.45) is 1.21. The number of amides is 1. The third-order valence-electron chi connectivity index (χ3n) is 5.31. The van der Waals surface area contributed by atoms with Crippen LogP contribution in [0.3, 0.4) is 0 Å². The molecule has 1 fully saturated rings. The SMILES string of the molecule is CN1NC(=O)C[C@H]1[C@H](Cc1ccccc1)NC(=S)Nc1cccc2ccccc12. The Morgan fingerprint density at radius 2 is 1.83 bits per heavy atom. The number of hydrogen-bond acceptors (Lipinski definition) is 3. The van der Waals surface area contributed by atoms with Crippen molar-refractivity contribution >= 4 is 39.7 Å². The Balaban J connectivity index is 1.53. The Morgan fingerprint density at radius 3 is 2.59 bits per heavy atom. The zero-order valence-electron chi connectivity index (χ0n) is 16.3. The first-order chi connectivity index (χ1) is 14.1. The van der Waals surface area contributed by atoms with Crippen LogP contribution < -0.4 is 16.1 Å². The number of carbonyl (C=O) groups is 1. The van der Waals surface area contributed by atoms with Gasteiger partial charge in [0.15, 0.2) is 5.11 Å². The molecular weight excluding hydrogens is 380 g/mol. The summed E-state index contributed by atoms with van der Waals surface area (Å²) in [7, 11) is 1.90. The molecule has 0 spiro atoms.